The molecule has 4 N–H and O–H groups in total. The van der Waals surface area contributed by atoms with E-state index in [-0.39, 0.29) is 31.8 Å². The van der Waals surface area contributed by atoms with Crippen molar-refractivity contribution < 1.29 is 34.0 Å². The molecule has 2 bridgehead atoms. The number of aliphatic hydroxyl groups is 1. The molecule has 0 unspecified atom stereocenters. The molecule has 12 heteroatoms. The summed E-state index contributed by atoms with van der Waals surface area (Å²) in [5.41, 5.74) is 7.22. The molecule has 0 radical (unpaired) electrons. The second-order valence-corrected chi connectivity index (χ2v) is 15.6. The molecule has 4 aromatic rings. The number of nitriles is 1. The van der Waals surface area contributed by atoms with Crippen LogP contribution in [-0.2, 0) is 24.6 Å². The maximum Gasteiger partial charge on any atom is 0.320 e. The predicted octanol–water partition coefficient (Wildman–Crippen LogP) is 7.73. The van der Waals surface area contributed by atoms with Crippen molar-refractivity contribution in [2.75, 3.05) is 32.8 Å². The van der Waals surface area contributed by atoms with Crippen LogP contribution >= 0.6 is 11.6 Å². The number of aliphatic hydroxyl groups excluding tert-OH is 1. The van der Waals surface area contributed by atoms with E-state index < -0.39 is 12.0 Å². The molecule has 4 aromatic carbocycles. The number of aliphatic carboxylic acids is 1. The first-order chi connectivity index (χ1) is 28.1. The minimum absolute atomic E-state index is 0.0406. The summed E-state index contributed by atoms with van der Waals surface area (Å²) in [4.78, 5) is 27.5. The van der Waals surface area contributed by atoms with Crippen molar-refractivity contribution in [3.8, 4) is 34.4 Å². The third kappa shape index (κ3) is 11.3. The Morgan fingerprint density at radius 3 is 2.52 bits per heavy atom. The molecule has 0 aromatic heterocycles. The van der Waals surface area contributed by atoms with Crippen LogP contribution in [0.3, 0.4) is 0 Å². The van der Waals surface area contributed by atoms with E-state index in [2.05, 4.69) is 47.6 Å². The Hall–Kier alpha value is -5.12. The number of hydrogen-bond acceptors (Lipinski definition) is 9. The Morgan fingerprint density at radius 2 is 1.74 bits per heavy atom. The fourth-order valence-corrected chi connectivity index (χ4v) is 7.80. The second-order valence-electron chi connectivity index (χ2n) is 15.2. The first-order valence-electron chi connectivity index (χ1n) is 20.2. The van der Waals surface area contributed by atoms with Gasteiger partial charge in [0.05, 0.1) is 29.4 Å². The van der Waals surface area contributed by atoms with Crippen LogP contribution in [0.4, 0.5) is 0 Å². The highest BCUT2D eigenvalue weighted by Crippen LogP contribution is 2.36. The van der Waals surface area contributed by atoms with Crippen LogP contribution in [0.5, 0.6) is 17.2 Å². The van der Waals surface area contributed by atoms with E-state index >= 15 is 0 Å². The molecule has 0 spiro atoms. The van der Waals surface area contributed by atoms with Gasteiger partial charge in [0.25, 0.3) is 5.91 Å². The first kappa shape index (κ1) is 42.5. The van der Waals surface area contributed by atoms with Crippen LogP contribution in [0, 0.1) is 25.2 Å². The van der Waals surface area contributed by atoms with Gasteiger partial charge in [-0.1, -0.05) is 54.8 Å². The molecule has 0 saturated carbocycles. The zero-order chi connectivity index (χ0) is 41.0. The SMILES string of the molecule is Cc1c(COc2cc3c(cc2Cl)CN[C@H](C(=O)O)CCCCCNC(=O)c2cc(C#N)cc(c2)CO3)cccc1-c1cccc(OCCCN2CCC(O)CC2)c1C. The fraction of sp³-hybridized carbons (Fsp3) is 0.413. The Bertz CT molecular complexity index is 2110. The molecule has 1 saturated heterocycles. The normalized spacial score (nSPS) is 17.2. The number of nitrogens with one attached hydrogen (secondary N) is 2. The number of carbonyl (C=O) groups excluding carboxylic acids is 1. The van der Waals surface area contributed by atoms with Gasteiger partial charge in [0.1, 0.15) is 36.5 Å². The zero-order valence-electron chi connectivity index (χ0n) is 33.3. The van der Waals surface area contributed by atoms with E-state index in [1.807, 2.05) is 24.3 Å². The van der Waals surface area contributed by atoms with Gasteiger partial charge >= 0.3 is 5.97 Å². The number of carboxylic acid groups (broad SMARTS) is 1. The van der Waals surface area contributed by atoms with Crippen LogP contribution in [0.2, 0.25) is 5.02 Å². The van der Waals surface area contributed by atoms with Gasteiger partial charge < -0.3 is 40.0 Å². The number of hydrogen-bond donors (Lipinski definition) is 4. The number of carbonyl (C=O) groups is 2. The van der Waals surface area contributed by atoms with Gasteiger partial charge in [0.15, 0.2) is 0 Å². The number of carboxylic acids is 1. The smallest absolute Gasteiger partial charge is 0.320 e. The number of likely N-dealkylation sites (tertiary alicyclic amines) is 1. The molecule has 1 amide bonds. The van der Waals surface area contributed by atoms with Gasteiger partial charge in [-0.05, 0) is 110 Å². The third-order valence-electron chi connectivity index (χ3n) is 11.0. The molecule has 6 rings (SSSR count). The summed E-state index contributed by atoms with van der Waals surface area (Å²) >= 11 is 6.84. The monoisotopic (exact) mass is 808 g/mol. The predicted molar refractivity (Wildman–Crippen MR) is 223 cm³/mol. The molecule has 2 aliphatic heterocycles. The van der Waals surface area contributed by atoms with Crippen LogP contribution in [0.25, 0.3) is 11.1 Å². The second kappa shape index (κ2) is 20.5. The highest BCUT2D eigenvalue weighted by Gasteiger charge is 2.21. The van der Waals surface area contributed by atoms with Crippen LogP contribution in [-0.4, -0.2) is 71.9 Å². The lowest BCUT2D eigenvalue weighted by molar-refractivity contribution is -0.139. The lowest BCUT2D eigenvalue weighted by Crippen LogP contribution is -2.36. The number of fused-ring (bicyclic) bond motifs is 3. The Balaban J connectivity index is 1.19. The van der Waals surface area contributed by atoms with Gasteiger partial charge in [-0.15, -0.1) is 0 Å². The molecule has 0 aliphatic carbocycles. The molecule has 1 atom stereocenters. The van der Waals surface area contributed by atoms with Crippen LogP contribution < -0.4 is 24.8 Å². The van der Waals surface area contributed by atoms with E-state index in [0.29, 0.717) is 71.2 Å². The quantitative estimate of drug-likeness (QED) is 0.117. The largest absolute Gasteiger partial charge is 0.493 e. The Labute approximate surface area is 345 Å². The number of nitrogens with zero attached hydrogens (tertiary/aromatic N) is 2. The Kier molecular flexibility index (Phi) is 15.0. The van der Waals surface area contributed by atoms with Gasteiger partial charge in [-0.25, -0.2) is 0 Å². The van der Waals surface area contributed by atoms with Crippen molar-refractivity contribution in [2.45, 2.75) is 90.7 Å². The molecule has 2 heterocycles. The van der Waals surface area contributed by atoms with E-state index in [4.69, 9.17) is 25.8 Å². The highest BCUT2D eigenvalue weighted by atomic mass is 35.5. The zero-order valence-corrected chi connectivity index (χ0v) is 34.1. The number of rotatable bonds is 10. The van der Waals surface area contributed by atoms with Crippen molar-refractivity contribution in [3.05, 3.63) is 111 Å². The van der Waals surface area contributed by atoms with Gasteiger partial charge in [-0.2, -0.15) is 5.26 Å². The molecule has 58 heavy (non-hydrogen) atoms. The standard InChI is InChI=1S/C46H53ClN4O7/c1-30-34(9-6-10-38(30)39-11-7-13-42(31(39)2)56-20-8-17-51-18-14-37(52)15-19-51)29-58-44-25-43-36(24-40(44)47)27-50-41(46(54)55)12-4-3-5-16-49-45(53)35-22-32(26-48)21-33(23-35)28-57-43/h6-7,9-11,13,21-25,37,41,50,52H,3-5,8,12,14-20,27-29H2,1-2H3,(H,49,53)(H,54,55)/t41-/m0/s1. The van der Waals surface area contributed by atoms with Gasteiger partial charge in [-0.3, -0.25) is 9.59 Å². The van der Waals surface area contributed by atoms with Crippen LogP contribution in [0.15, 0.2) is 66.7 Å². The molecular weight excluding hydrogens is 756 g/mol. The summed E-state index contributed by atoms with van der Waals surface area (Å²) in [6, 6.07) is 22.0. The minimum Gasteiger partial charge on any atom is -0.493 e. The fourth-order valence-electron chi connectivity index (χ4n) is 7.55. The minimum atomic E-state index is -0.946. The van der Waals surface area contributed by atoms with Crippen molar-refractivity contribution in [2.24, 2.45) is 0 Å². The van der Waals surface area contributed by atoms with Crippen molar-refractivity contribution in [1.82, 2.24) is 15.5 Å². The lowest BCUT2D eigenvalue weighted by Gasteiger charge is -2.29. The number of ether oxygens (including phenoxy) is 3. The maximum atomic E-state index is 13.0. The molecule has 306 valence electrons. The van der Waals surface area contributed by atoms with Gasteiger partial charge in [0.2, 0.25) is 0 Å². The van der Waals surface area contributed by atoms with E-state index in [0.717, 1.165) is 78.9 Å². The maximum absolute atomic E-state index is 13.0. The van der Waals surface area contributed by atoms with E-state index in [9.17, 15) is 25.1 Å². The summed E-state index contributed by atoms with van der Waals surface area (Å²) in [5.74, 6) is 0.449. The average molecular weight is 809 g/mol. The average Bonchev–Trinajstić information content (AvgIpc) is 3.22. The van der Waals surface area contributed by atoms with E-state index in [1.54, 1.807) is 30.3 Å². The number of benzene rings is 4. The van der Waals surface area contributed by atoms with Crippen molar-refractivity contribution >= 4 is 23.5 Å². The molecule has 1 fully saturated rings. The topological polar surface area (TPSA) is 153 Å². The van der Waals surface area contributed by atoms with Crippen molar-refractivity contribution in [3.63, 3.8) is 0 Å². The molecule has 2 aliphatic rings. The Morgan fingerprint density at radius 1 is 0.966 bits per heavy atom. The lowest BCUT2D eigenvalue weighted by atomic mass is 9.93. The first-order valence-corrected chi connectivity index (χ1v) is 20.6. The summed E-state index contributed by atoms with van der Waals surface area (Å²) < 4.78 is 19.0. The summed E-state index contributed by atoms with van der Waals surface area (Å²) in [7, 11) is 0. The van der Waals surface area contributed by atoms with Gasteiger partial charge in [0, 0.05) is 49.9 Å². The number of amides is 1. The molecule has 11 nitrogen and oxygen atoms in total. The van der Waals surface area contributed by atoms with Crippen LogP contribution in [0.1, 0.15) is 88.7 Å². The summed E-state index contributed by atoms with van der Waals surface area (Å²) in [6.07, 6.45) is 4.93. The highest BCUT2D eigenvalue weighted by molar-refractivity contribution is 6.32. The number of piperidine rings is 1. The summed E-state index contributed by atoms with van der Waals surface area (Å²) in [6.45, 7) is 8.47. The van der Waals surface area contributed by atoms with E-state index in [1.165, 1.54) is 0 Å². The molecular formula is C46H53ClN4O7. The summed E-state index contributed by atoms with van der Waals surface area (Å²) in [5, 5.41) is 35.9. The number of halogens is 1. The van der Waals surface area contributed by atoms with Crippen molar-refractivity contribution in [1.29, 1.82) is 5.26 Å². The third-order valence-corrected chi connectivity index (χ3v) is 11.3.